The zero-order valence-electron chi connectivity index (χ0n) is 11.2. The van der Waals surface area contributed by atoms with Crippen molar-refractivity contribution in [3.05, 3.63) is 59.7 Å². The van der Waals surface area contributed by atoms with Crippen LogP contribution in [-0.2, 0) is 0 Å². The molecule has 0 saturated carbocycles. The van der Waals surface area contributed by atoms with E-state index in [1.165, 1.54) is 6.07 Å². The van der Waals surface area contributed by atoms with Crippen molar-refractivity contribution in [1.82, 2.24) is 0 Å². The first-order valence-electron chi connectivity index (χ1n) is 6.29. The second-order valence-electron chi connectivity index (χ2n) is 4.13. The van der Waals surface area contributed by atoms with Crippen molar-refractivity contribution >= 4 is 5.97 Å². The van der Waals surface area contributed by atoms with Crippen LogP contribution in [0.1, 0.15) is 15.9 Å². The summed E-state index contributed by atoms with van der Waals surface area (Å²) in [4.78, 5) is 11.0. The average Bonchev–Trinajstić information content (AvgIpc) is 2.52. The van der Waals surface area contributed by atoms with Gasteiger partial charge in [-0.15, -0.1) is 0 Å². The summed E-state index contributed by atoms with van der Waals surface area (Å²) in [6.45, 7) is 0.504. The minimum absolute atomic E-state index is 0.121. The van der Waals surface area contributed by atoms with Gasteiger partial charge in [0.05, 0.1) is 11.6 Å². The number of aromatic carboxylic acids is 1. The van der Waals surface area contributed by atoms with Crippen molar-refractivity contribution in [3.63, 3.8) is 0 Å². The molecule has 5 nitrogen and oxygen atoms in total. The zero-order valence-corrected chi connectivity index (χ0v) is 11.2. The zero-order chi connectivity index (χ0) is 15.1. The van der Waals surface area contributed by atoms with Gasteiger partial charge < -0.3 is 14.6 Å². The van der Waals surface area contributed by atoms with Crippen molar-refractivity contribution in [2.24, 2.45) is 0 Å². The van der Waals surface area contributed by atoms with E-state index in [0.29, 0.717) is 17.1 Å². The molecule has 5 heteroatoms. The van der Waals surface area contributed by atoms with Crippen LogP contribution in [0.3, 0.4) is 0 Å². The maximum Gasteiger partial charge on any atom is 0.339 e. The van der Waals surface area contributed by atoms with E-state index in [-0.39, 0.29) is 18.8 Å². The highest BCUT2D eigenvalue weighted by atomic mass is 16.5. The minimum Gasteiger partial charge on any atom is -0.490 e. The summed E-state index contributed by atoms with van der Waals surface area (Å²) >= 11 is 0. The van der Waals surface area contributed by atoms with Crippen LogP contribution in [0.2, 0.25) is 0 Å². The summed E-state index contributed by atoms with van der Waals surface area (Å²) in [7, 11) is 0. The van der Waals surface area contributed by atoms with Crippen molar-refractivity contribution in [2.75, 3.05) is 13.2 Å². The second-order valence-corrected chi connectivity index (χ2v) is 4.13. The number of ether oxygens (including phenoxy) is 2. The predicted octanol–water partition coefficient (Wildman–Crippen LogP) is 2.71. The van der Waals surface area contributed by atoms with Crippen LogP contribution >= 0.6 is 0 Å². The van der Waals surface area contributed by atoms with Crippen molar-refractivity contribution < 1.29 is 19.4 Å². The molecular formula is C16H13NO4. The molecule has 0 fully saturated rings. The van der Waals surface area contributed by atoms with E-state index in [9.17, 15) is 4.79 Å². The number of carbonyl (C=O) groups is 1. The molecule has 0 aromatic heterocycles. The second kappa shape index (κ2) is 6.96. The average molecular weight is 283 g/mol. The Morgan fingerprint density at radius 2 is 1.71 bits per heavy atom. The Balaban J connectivity index is 1.85. The third-order valence-corrected chi connectivity index (χ3v) is 2.71. The first kappa shape index (κ1) is 14.4. The lowest BCUT2D eigenvalue weighted by atomic mass is 10.2. The Hall–Kier alpha value is -3.00. The van der Waals surface area contributed by atoms with E-state index >= 15 is 0 Å². The molecule has 0 aliphatic rings. The van der Waals surface area contributed by atoms with E-state index in [4.69, 9.17) is 19.8 Å². The SMILES string of the molecule is N#Cc1ccc(OCCOc2ccccc2C(=O)O)cc1. The van der Waals surface area contributed by atoms with E-state index in [2.05, 4.69) is 0 Å². The molecule has 0 aliphatic heterocycles. The lowest BCUT2D eigenvalue weighted by molar-refractivity contribution is 0.0691. The van der Waals surface area contributed by atoms with Gasteiger partial charge in [-0.2, -0.15) is 5.26 Å². The Labute approximate surface area is 122 Å². The van der Waals surface area contributed by atoms with Crippen LogP contribution in [0.4, 0.5) is 0 Å². The summed E-state index contributed by atoms with van der Waals surface area (Å²) in [6.07, 6.45) is 0. The molecule has 2 rings (SSSR count). The molecule has 0 amide bonds. The quantitative estimate of drug-likeness (QED) is 0.824. The Morgan fingerprint density at radius 3 is 2.38 bits per heavy atom. The highest BCUT2D eigenvalue weighted by molar-refractivity contribution is 5.90. The Morgan fingerprint density at radius 1 is 1.05 bits per heavy atom. The molecule has 0 atom stereocenters. The van der Waals surface area contributed by atoms with Gasteiger partial charge in [-0.05, 0) is 36.4 Å². The van der Waals surface area contributed by atoms with Gasteiger partial charge in [0.25, 0.3) is 0 Å². The van der Waals surface area contributed by atoms with Gasteiger partial charge in [-0.25, -0.2) is 4.79 Å². The fourth-order valence-corrected chi connectivity index (χ4v) is 1.71. The summed E-state index contributed by atoms with van der Waals surface area (Å²) in [5.74, 6) is -0.0869. The summed E-state index contributed by atoms with van der Waals surface area (Å²) in [5, 5.41) is 17.7. The molecule has 0 saturated heterocycles. The first-order valence-corrected chi connectivity index (χ1v) is 6.29. The third-order valence-electron chi connectivity index (χ3n) is 2.71. The molecule has 0 spiro atoms. The fourth-order valence-electron chi connectivity index (χ4n) is 1.71. The van der Waals surface area contributed by atoms with Gasteiger partial charge in [0.1, 0.15) is 30.3 Å². The van der Waals surface area contributed by atoms with Crippen molar-refractivity contribution in [2.45, 2.75) is 0 Å². The van der Waals surface area contributed by atoms with E-state index in [0.717, 1.165) is 0 Å². The van der Waals surface area contributed by atoms with E-state index in [1.807, 2.05) is 6.07 Å². The maximum absolute atomic E-state index is 11.0. The molecule has 0 radical (unpaired) electrons. The molecule has 2 aromatic rings. The molecule has 106 valence electrons. The van der Waals surface area contributed by atoms with Crippen molar-refractivity contribution in [3.8, 4) is 17.6 Å². The number of carboxylic acids is 1. The van der Waals surface area contributed by atoms with Crippen molar-refractivity contribution in [1.29, 1.82) is 5.26 Å². The smallest absolute Gasteiger partial charge is 0.339 e. The molecule has 0 bridgehead atoms. The van der Waals surface area contributed by atoms with Gasteiger partial charge >= 0.3 is 5.97 Å². The van der Waals surface area contributed by atoms with Crippen LogP contribution in [0.15, 0.2) is 48.5 Å². The number of carboxylic acid groups (broad SMARTS) is 1. The lowest BCUT2D eigenvalue weighted by Crippen LogP contribution is -2.11. The van der Waals surface area contributed by atoms with Gasteiger partial charge in [0, 0.05) is 0 Å². The van der Waals surface area contributed by atoms with E-state index < -0.39 is 5.97 Å². The number of hydrogen-bond donors (Lipinski definition) is 1. The predicted molar refractivity (Wildman–Crippen MR) is 75.5 cm³/mol. The number of nitriles is 1. The van der Waals surface area contributed by atoms with Crippen LogP contribution in [0, 0.1) is 11.3 Å². The van der Waals surface area contributed by atoms with Gasteiger partial charge in [0.2, 0.25) is 0 Å². The molecule has 21 heavy (non-hydrogen) atoms. The molecule has 2 aromatic carbocycles. The highest BCUT2D eigenvalue weighted by Crippen LogP contribution is 2.18. The monoisotopic (exact) mass is 283 g/mol. The van der Waals surface area contributed by atoms with Crippen LogP contribution in [0.5, 0.6) is 11.5 Å². The third kappa shape index (κ3) is 3.98. The minimum atomic E-state index is -1.03. The molecule has 0 heterocycles. The first-order chi connectivity index (χ1) is 10.2. The number of hydrogen-bond acceptors (Lipinski definition) is 4. The molecule has 1 N–H and O–H groups in total. The standard InChI is InChI=1S/C16H13NO4/c17-11-12-5-7-13(8-6-12)20-9-10-21-15-4-2-1-3-14(15)16(18)19/h1-8H,9-10H2,(H,18,19). The van der Waals surface area contributed by atoms with E-state index in [1.54, 1.807) is 42.5 Å². The lowest BCUT2D eigenvalue weighted by Gasteiger charge is -2.10. The summed E-state index contributed by atoms with van der Waals surface area (Å²) in [6, 6.07) is 15.2. The summed E-state index contributed by atoms with van der Waals surface area (Å²) in [5.41, 5.74) is 0.685. The number of rotatable bonds is 6. The highest BCUT2D eigenvalue weighted by Gasteiger charge is 2.09. The molecular weight excluding hydrogens is 270 g/mol. The normalized spacial score (nSPS) is 9.67. The van der Waals surface area contributed by atoms with Gasteiger partial charge in [-0.1, -0.05) is 12.1 Å². The molecule has 0 unspecified atom stereocenters. The summed E-state index contributed by atoms with van der Waals surface area (Å²) < 4.78 is 10.9. The van der Waals surface area contributed by atoms with Crippen LogP contribution < -0.4 is 9.47 Å². The van der Waals surface area contributed by atoms with Crippen LogP contribution in [0.25, 0.3) is 0 Å². The van der Waals surface area contributed by atoms with Gasteiger partial charge in [0.15, 0.2) is 0 Å². The topological polar surface area (TPSA) is 79.5 Å². The fraction of sp³-hybridized carbons (Fsp3) is 0.125. The van der Waals surface area contributed by atoms with Crippen LogP contribution in [-0.4, -0.2) is 24.3 Å². The Bertz CT molecular complexity index is 659. The number of benzene rings is 2. The number of para-hydroxylation sites is 1. The number of nitrogens with zero attached hydrogens (tertiary/aromatic N) is 1. The Kier molecular flexibility index (Phi) is 4.78. The molecule has 0 aliphatic carbocycles. The van der Waals surface area contributed by atoms with Gasteiger partial charge in [-0.3, -0.25) is 0 Å². The largest absolute Gasteiger partial charge is 0.490 e. The maximum atomic E-state index is 11.0.